The highest BCUT2D eigenvalue weighted by atomic mass is 16.5. The van der Waals surface area contributed by atoms with Crippen LogP contribution in [0.2, 0.25) is 0 Å². The molecule has 0 bridgehead atoms. The lowest BCUT2D eigenvalue weighted by Crippen LogP contribution is -2.14. The number of amides is 1. The van der Waals surface area contributed by atoms with Crippen LogP contribution in [0.3, 0.4) is 0 Å². The van der Waals surface area contributed by atoms with Gasteiger partial charge in [0.25, 0.3) is 5.91 Å². The van der Waals surface area contributed by atoms with Crippen molar-refractivity contribution < 1.29 is 14.3 Å². The lowest BCUT2D eigenvalue weighted by Gasteiger charge is -2.11. The molecule has 1 amide bonds. The molecule has 8 heteroatoms. The van der Waals surface area contributed by atoms with Crippen LogP contribution in [0.5, 0.6) is 11.5 Å². The maximum Gasteiger partial charge on any atom is 0.255 e. The number of ether oxygens (including phenoxy) is 2. The summed E-state index contributed by atoms with van der Waals surface area (Å²) in [6.07, 6.45) is 0. The molecule has 4 aromatic rings. The molecule has 0 unspecified atom stereocenters. The standard InChI is InChI=1S/C27H31N5O3/c1-17-12-18(2)31(29-17)15-21-8-7-9-23(13-21)27(33)28-26-19(3)30-32(20(26)4)16-22-10-11-24(34-5)25(14-22)35-6/h7-14H,15-16H2,1-6H3,(H,28,33). The van der Waals surface area contributed by atoms with Gasteiger partial charge in [0.1, 0.15) is 0 Å². The van der Waals surface area contributed by atoms with Crippen LogP contribution >= 0.6 is 0 Å². The van der Waals surface area contributed by atoms with Crippen LogP contribution in [0, 0.1) is 27.7 Å². The second-order valence-electron chi connectivity index (χ2n) is 8.63. The Hall–Kier alpha value is -4.07. The van der Waals surface area contributed by atoms with Crippen molar-refractivity contribution in [1.29, 1.82) is 0 Å². The number of methoxy groups -OCH3 is 2. The molecule has 0 aliphatic carbocycles. The topological polar surface area (TPSA) is 83.2 Å². The van der Waals surface area contributed by atoms with Gasteiger partial charge in [0.15, 0.2) is 11.5 Å². The van der Waals surface area contributed by atoms with E-state index in [9.17, 15) is 4.79 Å². The van der Waals surface area contributed by atoms with Crippen molar-refractivity contribution >= 4 is 11.6 Å². The maximum atomic E-state index is 13.1. The fourth-order valence-electron chi connectivity index (χ4n) is 4.19. The number of carbonyl (C=O) groups is 1. The molecule has 35 heavy (non-hydrogen) atoms. The molecule has 0 saturated heterocycles. The van der Waals surface area contributed by atoms with Crippen molar-refractivity contribution in [2.45, 2.75) is 40.8 Å². The Morgan fingerprint density at radius 1 is 0.857 bits per heavy atom. The summed E-state index contributed by atoms with van der Waals surface area (Å²) in [5.74, 6) is 1.18. The lowest BCUT2D eigenvalue weighted by molar-refractivity contribution is 0.102. The van der Waals surface area contributed by atoms with Gasteiger partial charge in [-0.1, -0.05) is 18.2 Å². The lowest BCUT2D eigenvalue weighted by atomic mass is 10.1. The zero-order valence-corrected chi connectivity index (χ0v) is 21.0. The number of anilines is 1. The fourth-order valence-corrected chi connectivity index (χ4v) is 4.19. The Labute approximate surface area is 205 Å². The third-order valence-corrected chi connectivity index (χ3v) is 6.03. The van der Waals surface area contributed by atoms with Crippen molar-refractivity contribution in [3.8, 4) is 11.5 Å². The molecule has 2 heterocycles. The third-order valence-electron chi connectivity index (χ3n) is 6.03. The van der Waals surface area contributed by atoms with Crippen molar-refractivity contribution in [3.63, 3.8) is 0 Å². The molecular formula is C27H31N5O3. The first-order valence-corrected chi connectivity index (χ1v) is 11.4. The monoisotopic (exact) mass is 473 g/mol. The van der Waals surface area contributed by atoms with E-state index in [0.717, 1.165) is 39.6 Å². The number of aryl methyl sites for hydroxylation is 3. The maximum absolute atomic E-state index is 13.1. The predicted molar refractivity (Wildman–Crippen MR) is 136 cm³/mol. The smallest absolute Gasteiger partial charge is 0.255 e. The first-order valence-electron chi connectivity index (χ1n) is 11.4. The molecule has 0 spiro atoms. The normalized spacial score (nSPS) is 10.9. The molecule has 0 fully saturated rings. The zero-order chi connectivity index (χ0) is 25.1. The summed E-state index contributed by atoms with van der Waals surface area (Å²) < 4.78 is 14.6. The molecular weight excluding hydrogens is 442 g/mol. The minimum Gasteiger partial charge on any atom is -0.493 e. The van der Waals surface area contributed by atoms with E-state index < -0.39 is 0 Å². The number of hydrogen-bond acceptors (Lipinski definition) is 5. The largest absolute Gasteiger partial charge is 0.493 e. The van der Waals surface area contributed by atoms with Gasteiger partial charge in [-0.15, -0.1) is 0 Å². The Morgan fingerprint density at radius 3 is 2.26 bits per heavy atom. The summed E-state index contributed by atoms with van der Waals surface area (Å²) in [4.78, 5) is 13.1. The SMILES string of the molecule is COc1ccc(Cn2nc(C)c(NC(=O)c3cccc(Cn4nc(C)cc4C)c3)c2C)cc1OC. The average molecular weight is 474 g/mol. The number of nitrogens with zero attached hydrogens (tertiary/aromatic N) is 4. The van der Waals surface area contributed by atoms with E-state index in [-0.39, 0.29) is 5.91 Å². The van der Waals surface area contributed by atoms with E-state index in [4.69, 9.17) is 9.47 Å². The van der Waals surface area contributed by atoms with Gasteiger partial charge >= 0.3 is 0 Å². The second kappa shape index (κ2) is 10.0. The summed E-state index contributed by atoms with van der Waals surface area (Å²) >= 11 is 0. The van der Waals surface area contributed by atoms with Gasteiger partial charge in [-0.3, -0.25) is 14.2 Å². The Bertz CT molecular complexity index is 1370. The molecule has 0 atom stereocenters. The number of carbonyl (C=O) groups excluding carboxylic acids is 1. The summed E-state index contributed by atoms with van der Waals surface area (Å²) in [6, 6.07) is 15.5. The van der Waals surface area contributed by atoms with Gasteiger partial charge in [-0.25, -0.2) is 0 Å². The number of hydrogen-bond donors (Lipinski definition) is 1. The van der Waals surface area contributed by atoms with Gasteiger partial charge in [-0.2, -0.15) is 10.2 Å². The third kappa shape index (κ3) is 5.21. The van der Waals surface area contributed by atoms with Gasteiger partial charge in [0.2, 0.25) is 0 Å². The first kappa shape index (κ1) is 24.1. The van der Waals surface area contributed by atoms with Crippen LogP contribution in [-0.2, 0) is 13.1 Å². The van der Waals surface area contributed by atoms with Crippen molar-refractivity contribution in [2.75, 3.05) is 19.5 Å². The van der Waals surface area contributed by atoms with E-state index in [1.807, 2.05) is 85.6 Å². The van der Waals surface area contributed by atoms with Crippen molar-refractivity contribution in [1.82, 2.24) is 19.6 Å². The highest BCUT2D eigenvalue weighted by Crippen LogP contribution is 2.29. The first-order chi connectivity index (χ1) is 16.8. The Kier molecular flexibility index (Phi) is 6.91. The minimum atomic E-state index is -0.169. The fraction of sp³-hybridized carbons (Fsp3) is 0.296. The molecule has 2 aromatic carbocycles. The van der Waals surface area contributed by atoms with Crippen LogP contribution in [0.25, 0.3) is 0 Å². The molecule has 0 aliphatic rings. The average Bonchev–Trinajstić information content (AvgIpc) is 3.30. The molecule has 0 saturated carbocycles. The summed E-state index contributed by atoms with van der Waals surface area (Å²) in [5.41, 5.74) is 7.05. The number of rotatable bonds is 8. The van der Waals surface area contributed by atoms with E-state index in [0.29, 0.717) is 30.2 Å². The molecule has 0 radical (unpaired) electrons. The molecule has 182 valence electrons. The number of nitrogens with one attached hydrogen (secondary N) is 1. The van der Waals surface area contributed by atoms with Gasteiger partial charge < -0.3 is 14.8 Å². The Morgan fingerprint density at radius 2 is 1.57 bits per heavy atom. The predicted octanol–water partition coefficient (Wildman–Crippen LogP) is 4.68. The van der Waals surface area contributed by atoms with Crippen LogP contribution in [0.4, 0.5) is 5.69 Å². The highest BCUT2D eigenvalue weighted by Gasteiger charge is 2.17. The van der Waals surface area contributed by atoms with E-state index in [1.54, 1.807) is 14.2 Å². The zero-order valence-electron chi connectivity index (χ0n) is 21.0. The molecule has 1 N–H and O–H groups in total. The summed E-state index contributed by atoms with van der Waals surface area (Å²) in [7, 11) is 3.23. The molecule has 8 nitrogen and oxygen atoms in total. The van der Waals surface area contributed by atoms with Crippen LogP contribution in [0.15, 0.2) is 48.5 Å². The van der Waals surface area contributed by atoms with E-state index in [1.165, 1.54) is 0 Å². The molecule has 2 aromatic heterocycles. The molecule has 0 aliphatic heterocycles. The van der Waals surface area contributed by atoms with Gasteiger partial charge in [0, 0.05) is 11.3 Å². The van der Waals surface area contributed by atoms with E-state index in [2.05, 4.69) is 15.5 Å². The highest BCUT2D eigenvalue weighted by molar-refractivity contribution is 6.05. The van der Waals surface area contributed by atoms with Gasteiger partial charge in [-0.05, 0) is 69.2 Å². The van der Waals surface area contributed by atoms with E-state index >= 15 is 0 Å². The summed E-state index contributed by atoms with van der Waals surface area (Å²) in [6.45, 7) is 9.01. The van der Waals surface area contributed by atoms with Crippen molar-refractivity contribution in [3.05, 3.63) is 88.0 Å². The minimum absolute atomic E-state index is 0.169. The number of benzene rings is 2. The second-order valence-corrected chi connectivity index (χ2v) is 8.63. The van der Waals surface area contributed by atoms with Crippen LogP contribution in [-0.4, -0.2) is 39.7 Å². The van der Waals surface area contributed by atoms with Crippen LogP contribution < -0.4 is 14.8 Å². The number of aromatic nitrogens is 4. The van der Waals surface area contributed by atoms with Crippen LogP contribution in [0.1, 0.15) is 44.3 Å². The van der Waals surface area contributed by atoms with Gasteiger partial charge in [0.05, 0.1) is 50.1 Å². The van der Waals surface area contributed by atoms with Crippen molar-refractivity contribution in [2.24, 2.45) is 0 Å². The molecule has 4 rings (SSSR count). The Balaban J connectivity index is 1.51. The quantitative estimate of drug-likeness (QED) is 0.402. The summed E-state index contributed by atoms with van der Waals surface area (Å²) in [5, 5.41) is 12.2.